The summed E-state index contributed by atoms with van der Waals surface area (Å²) >= 11 is 0. The van der Waals surface area contributed by atoms with Gasteiger partial charge in [0.2, 0.25) is 5.91 Å². The molecule has 2 fully saturated rings. The van der Waals surface area contributed by atoms with E-state index in [1.807, 2.05) is 26.1 Å². The van der Waals surface area contributed by atoms with E-state index >= 15 is 0 Å². The fourth-order valence-corrected chi connectivity index (χ4v) is 4.02. The molecule has 8 heteroatoms. The molecule has 0 bridgehead atoms. The molecule has 0 spiro atoms. The summed E-state index contributed by atoms with van der Waals surface area (Å²) in [6.45, 7) is 10.7. The van der Waals surface area contributed by atoms with Gasteiger partial charge in [-0.25, -0.2) is 9.38 Å². The minimum atomic E-state index is -0.182. The molecule has 0 radical (unpaired) electrons. The molecular formula is C22H35FN6O. The lowest BCUT2D eigenvalue weighted by molar-refractivity contribution is -0.132. The van der Waals surface area contributed by atoms with E-state index in [2.05, 4.69) is 32.3 Å². The molecule has 2 aliphatic rings. The largest absolute Gasteiger partial charge is 0.367 e. The molecule has 166 valence electrons. The van der Waals surface area contributed by atoms with Crippen molar-refractivity contribution in [2.45, 2.75) is 39.3 Å². The second-order valence-electron chi connectivity index (χ2n) is 8.06. The van der Waals surface area contributed by atoms with Crippen LogP contribution in [0.5, 0.6) is 0 Å². The van der Waals surface area contributed by atoms with Crippen molar-refractivity contribution in [2.24, 2.45) is 4.99 Å². The number of likely N-dealkylation sites (tertiary alicyclic amines) is 1. The van der Waals surface area contributed by atoms with Crippen molar-refractivity contribution in [3.63, 3.8) is 0 Å². The van der Waals surface area contributed by atoms with Crippen LogP contribution in [0.4, 0.5) is 10.1 Å². The minimum absolute atomic E-state index is 0.173. The molecule has 2 aliphatic heterocycles. The molecule has 0 aliphatic carbocycles. The maximum atomic E-state index is 14.8. The van der Waals surface area contributed by atoms with E-state index in [1.54, 1.807) is 11.0 Å². The zero-order valence-corrected chi connectivity index (χ0v) is 18.5. The molecule has 1 aromatic carbocycles. The first-order chi connectivity index (χ1) is 14.5. The van der Waals surface area contributed by atoms with Crippen LogP contribution < -0.4 is 15.5 Å². The van der Waals surface area contributed by atoms with Gasteiger partial charge in [0, 0.05) is 58.8 Å². The highest BCUT2D eigenvalue weighted by atomic mass is 19.1. The summed E-state index contributed by atoms with van der Waals surface area (Å²) in [5.74, 6) is 0.699. The number of anilines is 1. The van der Waals surface area contributed by atoms with Gasteiger partial charge in [-0.05, 0) is 37.6 Å². The molecule has 1 atom stereocenters. The summed E-state index contributed by atoms with van der Waals surface area (Å²) in [5, 5.41) is 6.65. The van der Waals surface area contributed by atoms with E-state index < -0.39 is 0 Å². The van der Waals surface area contributed by atoms with Gasteiger partial charge in [-0.2, -0.15) is 0 Å². The topological polar surface area (TPSA) is 63.2 Å². The van der Waals surface area contributed by atoms with Crippen LogP contribution in [-0.2, 0) is 11.3 Å². The number of piperazine rings is 1. The van der Waals surface area contributed by atoms with Gasteiger partial charge in [-0.15, -0.1) is 0 Å². The van der Waals surface area contributed by atoms with Gasteiger partial charge in [-0.3, -0.25) is 4.79 Å². The highest BCUT2D eigenvalue weighted by Gasteiger charge is 2.23. The van der Waals surface area contributed by atoms with Crippen molar-refractivity contribution in [3.8, 4) is 0 Å². The van der Waals surface area contributed by atoms with Gasteiger partial charge in [-0.1, -0.05) is 13.0 Å². The van der Waals surface area contributed by atoms with Crippen LogP contribution in [0.1, 0.15) is 32.3 Å². The summed E-state index contributed by atoms with van der Waals surface area (Å²) in [7, 11) is 1.83. The number of hydrogen-bond acceptors (Lipinski definition) is 4. The molecule has 7 nitrogen and oxygen atoms in total. The second kappa shape index (κ2) is 10.6. The molecule has 3 rings (SSSR count). The van der Waals surface area contributed by atoms with Gasteiger partial charge in [0.25, 0.3) is 0 Å². The van der Waals surface area contributed by atoms with Crippen LogP contribution >= 0.6 is 0 Å². The fraction of sp³-hybridized carbons (Fsp3) is 0.636. The minimum Gasteiger partial charge on any atom is -0.367 e. The van der Waals surface area contributed by atoms with Crippen LogP contribution in [0.25, 0.3) is 0 Å². The quantitative estimate of drug-likeness (QED) is 0.543. The Hall–Kier alpha value is -2.35. The fourth-order valence-electron chi connectivity index (χ4n) is 4.02. The average Bonchev–Trinajstić information content (AvgIpc) is 2.75. The summed E-state index contributed by atoms with van der Waals surface area (Å²) in [6.07, 6.45) is 1.34. The normalized spacial score (nSPS) is 21.1. The van der Waals surface area contributed by atoms with Crippen LogP contribution in [0.15, 0.2) is 23.2 Å². The lowest BCUT2D eigenvalue weighted by atomic mass is 10.1. The number of rotatable bonds is 6. The van der Waals surface area contributed by atoms with Gasteiger partial charge in [0.05, 0.1) is 12.2 Å². The second-order valence-corrected chi connectivity index (χ2v) is 8.06. The number of hydrogen-bond donors (Lipinski definition) is 2. The third-order valence-electron chi connectivity index (χ3n) is 5.90. The third-order valence-corrected chi connectivity index (χ3v) is 5.90. The van der Waals surface area contributed by atoms with Gasteiger partial charge in [0.15, 0.2) is 5.96 Å². The smallest absolute Gasteiger partial charge is 0.222 e. The number of aliphatic imine (C=N–C) groups is 1. The first-order valence-corrected chi connectivity index (χ1v) is 11.0. The monoisotopic (exact) mass is 418 g/mol. The average molecular weight is 419 g/mol. The number of benzene rings is 1. The SMILES string of the molecule is CCNC(=NCc1ccc(N2CCN(CC)CC2)c(F)c1)NC1CCC(=O)N(C)C1. The van der Waals surface area contributed by atoms with Gasteiger partial charge >= 0.3 is 0 Å². The Bertz CT molecular complexity index is 747. The van der Waals surface area contributed by atoms with E-state index in [0.29, 0.717) is 31.2 Å². The van der Waals surface area contributed by atoms with E-state index in [0.717, 1.165) is 51.3 Å². The maximum absolute atomic E-state index is 14.8. The Morgan fingerprint density at radius 2 is 2.00 bits per heavy atom. The molecule has 1 aromatic rings. The van der Waals surface area contributed by atoms with Crippen LogP contribution in [0, 0.1) is 5.82 Å². The number of carbonyl (C=O) groups is 1. The van der Waals surface area contributed by atoms with Gasteiger partial charge in [0.1, 0.15) is 5.82 Å². The van der Waals surface area contributed by atoms with Crippen molar-refractivity contribution in [1.82, 2.24) is 20.4 Å². The Balaban J connectivity index is 1.60. The Kier molecular flexibility index (Phi) is 7.90. The summed E-state index contributed by atoms with van der Waals surface area (Å²) in [6, 6.07) is 5.61. The first kappa shape index (κ1) is 22.3. The molecular weight excluding hydrogens is 383 g/mol. The Morgan fingerprint density at radius 1 is 1.23 bits per heavy atom. The van der Waals surface area contributed by atoms with E-state index in [4.69, 9.17) is 0 Å². The Labute approximate surface area is 179 Å². The molecule has 2 N–H and O–H groups in total. The van der Waals surface area contributed by atoms with Gasteiger partial charge < -0.3 is 25.3 Å². The lowest BCUT2D eigenvalue weighted by Gasteiger charge is -2.35. The number of nitrogens with zero attached hydrogens (tertiary/aromatic N) is 4. The molecule has 0 saturated carbocycles. The number of piperidine rings is 1. The van der Waals surface area contributed by atoms with Crippen molar-refractivity contribution >= 4 is 17.6 Å². The molecule has 2 heterocycles. The number of amides is 1. The van der Waals surface area contributed by atoms with Crippen molar-refractivity contribution in [1.29, 1.82) is 0 Å². The molecule has 2 saturated heterocycles. The number of likely N-dealkylation sites (N-methyl/N-ethyl adjacent to an activating group) is 2. The van der Waals surface area contributed by atoms with Crippen LogP contribution in [-0.4, -0.2) is 80.6 Å². The Morgan fingerprint density at radius 3 is 2.63 bits per heavy atom. The van der Waals surface area contributed by atoms with Crippen LogP contribution in [0.3, 0.4) is 0 Å². The lowest BCUT2D eigenvalue weighted by Crippen LogP contribution is -2.51. The number of halogens is 1. The maximum Gasteiger partial charge on any atom is 0.222 e. The number of carbonyl (C=O) groups excluding carboxylic acids is 1. The summed E-state index contributed by atoms with van der Waals surface area (Å²) < 4.78 is 14.8. The first-order valence-electron chi connectivity index (χ1n) is 11.0. The zero-order valence-electron chi connectivity index (χ0n) is 18.5. The molecule has 1 unspecified atom stereocenters. The standard InChI is InChI=1S/C22H35FN6O/c1-4-24-22(26-18-7-9-21(30)27(3)16-18)25-15-17-6-8-20(19(23)14-17)29-12-10-28(5-2)11-13-29/h6,8,14,18H,4-5,7,9-13,15-16H2,1-3H3,(H2,24,25,26). The van der Waals surface area contributed by atoms with Crippen molar-refractivity contribution in [2.75, 3.05) is 57.8 Å². The predicted molar refractivity (Wildman–Crippen MR) is 119 cm³/mol. The number of guanidine groups is 1. The van der Waals surface area contributed by atoms with E-state index in [9.17, 15) is 9.18 Å². The molecule has 1 amide bonds. The summed E-state index contributed by atoms with van der Waals surface area (Å²) in [5.41, 5.74) is 1.52. The molecule has 30 heavy (non-hydrogen) atoms. The third kappa shape index (κ3) is 5.84. The highest BCUT2D eigenvalue weighted by molar-refractivity contribution is 5.81. The number of nitrogens with one attached hydrogen (secondary N) is 2. The van der Waals surface area contributed by atoms with Crippen molar-refractivity contribution in [3.05, 3.63) is 29.6 Å². The summed E-state index contributed by atoms with van der Waals surface area (Å²) in [4.78, 5) is 22.6. The van der Waals surface area contributed by atoms with E-state index in [1.165, 1.54) is 0 Å². The van der Waals surface area contributed by atoms with Crippen LogP contribution in [0.2, 0.25) is 0 Å². The molecule has 0 aromatic heterocycles. The highest BCUT2D eigenvalue weighted by Crippen LogP contribution is 2.22. The zero-order chi connectivity index (χ0) is 21.5. The van der Waals surface area contributed by atoms with Crippen molar-refractivity contribution < 1.29 is 9.18 Å². The van der Waals surface area contributed by atoms with E-state index in [-0.39, 0.29) is 17.8 Å². The predicted octanol–water partition coefficient (Wildman–Crippen LogP) is 1.64.